The van der Waals surface area contributed by atoms with Crippen molar-refractivity contribution < 1.29 is 4.79 Å². The topological polar surface area (TPSA) is 32.7 Å². The molecule has 0 radical (unpaired) electrons. The van der Waals surface area contributed by atoms with Crippen LogP contribution in [0.25, 0.3) is 6.08 Å². The summed E-state index contributed by atoms with van der Waals surface area (Å²) in [5.41, 5.74) is 3.15. The molecule has 0 bridgehead atoms. The summed E-state index contributed by atoms with van der Waals surface area (Å²) in [4.78, 5) is 12.8. The van der Waals surface area contributed by atoms with Crippen LogP contribution in [0.3, 0.4) is 0 Å². The number of thiophene rings is 1. The lowest BCUT2D eigenvalue weighted by Crippen LogP contribution is -2.23. The van der Waals surface area contributed by atoms with Crippen molar-refractivity contribution in [2.24, 2.45) is 10.5 Å². The number of nitrogens with zero attached hydrogens (tertiary/aromatic N) is 2. The Bertz CT molecular complexity index is 737. The van der Waals surface area contributed by atoms with Crippen LogP contribution in [0.1, 0.15) is 26.3 Å². The van der Waals surface area contributed by atoms with Crippen molar-refractivity contribution in [1.82, 2.24) is 0 Å². The Kier molecular flexibility index (Phi) is 3.71. The molecule has 22 heavy (non-hydrogen) atoms. The number of hydrazone groups is 1. The molecule has 0 fully saturated rings. The van der Waals surface area contributed by atoms with E-state index in [0.717, 1.165) is 17.0 Å². The first-order valence-corrected chi connectivity index (χ1v) is 8.14. The minimum atomic E-state index is -0.193. The maximum Gasteiger partial charge on any atom is 0.280 e. The number of carbonyl (C=O) groups excluding carboxylic acids is 1. The van der Waals surface area contributed by atoms with Gasteiger partial charge in [0.2, 0.25) is 0 Å². The fraction of sp³-hybridized carbons (Fsp3) is 0.222. The molecule has 0 atom stereocenters. The van der Waals surface area contributed by atoms with Crippen LogP contribution in [0.15, 0.2) is 57.8 Å². The van der Waals surface area contributed by atoms with Gasteiger partial charge in [0.05, 0.1) is 17.0 Å². The molecule has 0 saturated carbocycles. The highest BCUT2D eigenvalue weighted by molar-refractivity contribution is 7.08. The van der Waals surface area contributed by atoms with Crippen LogP contribution < -0.4 is 5.01 Å². The molecule has 0 unspecified atom stereocenters. The minimum absolute atomic E-state index is 0.0673. The molecule has 1 aromatic carbocycles. The van der Waals surface area contributed by atoms with Gasteiger partial charge in [-0.05, 0) is 40.6 Å². The molecule has 1 amide bonds. The predicted octanol–water partition coefficient (Wildman–Crippen LogP) is 4.58. The van der Waals surface area contributed by atoms with E-state index in [1.54, 1.807) is 11.3 Å². The summed E-state index contributed by atoms with van der Waals surface area (Å²) in [6.07, 6.45) is 1.94. The fourth-order valence-electron chi connectivity index (χ4n) is 2.37. The van der Waals surface area contributed by atoms with Gasteiger partial charge in [0.1, 0.15) is 0 Å². The van der Waals surface area contributed by atoms with Crippen LogP contribution >= 0.6 is 11.3 Å². The third-order valence-electron chi connectivity index (χ3n) is 3.44. The highest BCUT2D eigenvalue weighted by Crippen LogP contribution is 2.32. The van der Waals surface area contributed by atoms with Gasteiger partial charge >= 0.3 is 0 Å². The van der Waals surface area contributed by atoms with E-state index in [4.69, 9.17) is 0 Å². The average molecular weight is 310 g/mol. The molecule has 3 nitrogen and oxygen atoms in total. The lowest BCUT2D eigenvalue weighted by Gasteiger charge is -2.17. The Labute approximate surface area is 134 Å². The first kappa shape index (κ1) is 14.7. The zero-order valence-corrected chi connectivity index (χ0v) is 13.7. The smallest absolute Gasteiger partial charge is 0.267 e. The highest BCUT2D eigenvalue weighted by atomic mass is 32.1. The number of carbonyl (C=O) groups is 1. The Morgan fingerprint density at radius 1 is 1.14 bits per heavy atom. The summed E-state index contributed by atoms with van der Waals surface area (Å²) in [7, 11) is 0. The summed E-state index contributed by atoms with van der Waals surface area (Å²) >= 11 is 1.62. The summed E-state index contributed by atoms with van der Waals surface area (Å²) < 4.78 is 0. The van der Waals surface area contributed by atoms with Crippen LogP contribution in [0.2, 0.25) is 0 Å². The fourth-order valence-corrected chi connectivity index (χ4v) is 2.98. The monoisotopic (exact) mass is 310 g/mol. The summed E-state index contributed by atoms with van der Waals surface area (Å²) in [6.45, 7) is 6.24. The van der Waals surface area contributed by atoms with Crippen molar-refractivity contribution in [2.45, 2.75) is 20.8 Å². The molecular formula is C18H18N2OS. The zero-order chi connectivity index (χ0) is 15.7. The van der Waals surface area contributed by atoms with Crippen molar-refractivity contribution in [1.29, 1.82) is 0 Å². The van der Waals surface area contributed by atoms with E-state index in [9.17, 15) is 4.79 Å². The van der Waals surface area contributed by atoms with Crippen LogP contribution in [0.4, 0.5) is 5.69 Å². The van der Waals surface area contributed by atoms with Crippen LogP contribution in [-0.4, -0.2) is 11.6 Å². The maximum absolute atomic E-state index is 12.8. The van der Waals surface area contributed by atoms with E-state index in [2.05, 4.69) is 25.9 Å². The maximum atomic E-state index is 12.8. The molecule has 2 heterocycles. The average Bonchev–Trinajstić information content (AvgIpc) is 3.09. The number of para-hydroxylation sites is 1. The Morgan fingerprint density at radius 2 is 1.86 bits per heavy atom. The predicted molar refractivity (Wildman–Crippen MR) is 93.1 cm³/mol. The molecule has 2 aromatic rings. The third-order valence-corrected chi connectivity index (χ3v) is 4.14. The number of amides is 1. The van der Waals surface area contributed by atoms with Gasteiger partial charge in [-0.3, -0.25) is 4.79 Å². The van der Waals surface area contributed by atoms with Gasteiger partial charge in [-0.15, -0.1) is 0 Å². The Morgan fingerprint density at radius 3 is 2.45 bits per heavy atom. The standard InChI is InChI=1S/C18H18N2OS/c1-18(2,3)16-15(11-13-9-10-22-12-13)17(21)20(19-16)14-7-5-4-6-8-14/h4-12H,1-3H3. The van der Waals surface area contributed by atoms with E-state index in [1.807, 2.05) is 53.2 Å². The van der Waals surface area contributed by atoms with Crippen molar-refractivity contribution >= 4 is 34.7 Å². The Hall–Kier alpha value is -2.20. The van der Waals surface area contributed by atoms with Gasteiger partial charge in [-0.1, -0.05) is 39.0 Å². The number of hydrogen-bond acceptors (Lipinski definition) is 3. The number of rotatable bonds is 2. The number of anilines is 1. The van der Waals surface area contributed by atoms with E-state index in [-0.39, 0.29) is 11.3 Å². The van der Waals surface area contributed by atoms with E-state index in [1.165, 1.54) is 5.01 Å². The van der Waals surface area contributed by atoms with Gasteiger partial charge in [0.25, 0.3) is 5.91 Å². The van der Waals surface area contributed by atoms with Gasteiger partial charge in [0.15, 0.2) is 0 Å². The van der Waals surface area contributed by atoms with Gasteiger partial charge < -0.3 is 0 Å². The summed E-state index contributed by atoms with van der Waals surface area (Å²) in [5.74, 6) is -0.0673. The van der Waals surface area contributed by atoms with E-state index in [0.29, 0.717) is 5.57 Å². The molecule has 0 spiro atoms. The second kappa shape index (κ2) is 5.54. The van der Waals surface area contributed by atoms with Crippen molar-refractivity contribution in [3.63, 3.8) is 0 Å². The summed E-state index contributed by atoms with van der Waals surface area (Å²) in [6, 6.07) is 11.6. The second-order valence-electron chi connectivity index (χ2n) is 6.27. The normalized spacial score (nSPS) is 17.2. The zero-order valence-electron chi connectivity index (χ0n) is 12.9. The summed E-state index contributed by atoms with van der Waals surface area (Å²) in [5, 5.41) is 10.1. The van der Waals surface area contributed by atoms with Crippen molar-refractivity contribution in [2.75, 3.05) is 5.01 Å². The van der Waals surface area contributed by atoms with Gasteiger partial charge in [0, 0.05) is 5.41 Å². The molecule has 0 N–H and O–H groups in total. The molecular weight excluding hydrogens is 292 g/mol. The number of hydrogen-bond donors (Lipinski definition) is 0. The first-order valence-electron chi connectivity index (χ1n) is 7.20. The van der Waals surface area contributed by atoms with E-state index < -0.39 is 0 Å². The van der Waals surface area contributed by atoms with Crippen molar-refractivity contribution in [3.05, 3.63) is 58.3 Å². The third kappa shape index (κ3) is 2.74. The molecule has 0 aliphatic carbocycles. The lowest BCUT2D eigenvalue weighted by atomic mass is 9.85. The quantitative estimate of drug-likeness (QED) is 0.747. The second-order valence-corrected chi connectivity index (χ2v) is 7.05. The van der Waals surface area contributed by atoms with Crippen LogP contribution in [0, 0.1) is 5.41 Å². The van der Waals surface area contributed by atoms with Crippen LogP contribution in [0.5, 0.6) is 0 Å². The minimum Gasteiger partial charge on any atom is -0.267 e. The number of benzene rings is 1. The largest absolute Gasteiger partial charge is 0.280 e. The lowest BCUT2D eigenvalue weighted by molar-refractivity contribution is -0.114. The molecule has 0 saturated heterocycles. The van der Waals surface area contributed by atoms with E-state index >= 15 is 0 Å². The molecule has 1 aromatic heterocycles. The molecule has 3 rings (SSSR count). The molecule has 112 valence electrons. The molecule has 4 heteroatoms. The molecule has 1 aliphatic rings. The highest BCUT2D eigenvalue weighted by Gasteiger charge is 2.36. The van der Waals surface area contributed by atoms with Crippen LogP contribution in [-0.2, 0) is 4.79 Å². The molecule has 1 aliphatic heterocycles. The van der Waals surface area contributed by atoms with Gasteiger partial charge in [-0.25, -0.2) is 0 Å². The van der Waals surface area contributed by atoms with Crippen molar-refractivity contribution in [3.8, 4) is 0 Å². The van der Waals surface area contributed by atoms with Gasteiger partial charge in [-0.2, -0.15) is 21.4 Å². The first-order chi connectivity index (χ1) is 10.5. The SMILES string of the molecule is CC(C)(C)C1=NN(c2ccccc2)C(=O)C1=Cc1ccsc1. The Balaban J connectivity index is 2.07.